The summed E-state index contributed by atoms with van der Waals surface area (Å²) in [7, 11) is -2.43. The van der Waals surface area contributed by atoms with Crippen molar-refractivity contribution in [1.29, 1.82) is 0 Å². The van der Waals surface area contributed by atoms with E-state index in [1.807, 2.05) is 0 Å². The number of ether oxygens (including phenoxy) is 1. The topological polar surface area (TPSA) is 9.23 Å². The Balaban J connectivity index is 1.99. The molecule has 0 amide bonds. The van der Waals surface area contributed by atoms with Crippen molar-refractivity contribution in [2.75, 3.05) is 0 Å². The van der Waals surface area contributed by atoms with Crippen LogP contribution in [0.1, 0.15) is 5.56 Å². The van der Waals surface area contributed by atoms with Gasteiger partial charge >= 0.3 is 0 Å². The highest BCUT2D eigenvalue weighted by Crippen LogP contribution is 2.31. The van der Waals surface area contributed by atoms with Crippen LogP contribution in [0.2, 0.25) is 0 Å². The molecular formula is C25H20OSi. The zero-order valence-corrected chi connectivity index (χ0v) is 16.2. The first-order valence-electron chi connectivity index (χ1n) is 9.30. The molecule has 0 atom stereocenters. The summed E-state index contributed by atoms with van der Waals surface area (Å²) in [4.78, 5) is 0. The smallest absolute Gasteiger partial charge is 0.188 e. The fraction of sp³-hybridized carbons (Fsp3) is 0.0400. The van der Waals surface area contributed by atoms with Crippen molar-refractivity contribution in [3.63, 3.8) is 0 Å². The number of benzene rings is 4. The highest BCUT2D eigenvalue weighted by atomic mass is 28.3. The van der Waals surface area contributed by atoms with Gasteiger partial charge in [-0.05, 0) is 39.3 Å². The van der Waals surface area contributed by atoms with Crippen LogP contribution in [-0.4, -0.2) is 8.07 Å². The van der Waals surface area contributed by atoms with Crippen molar-refractivity contribution >= 4 is 28.8 Å². The highest BCUT2D eigenvalue weighted by molar-refractivity contribution is 7.20. The van der Waals surface area contributed by atoms with Gasteiger partial charge in [0.2, 0.25) is 0 Å². The molecule has 27 heavy (non-hydrogen) atoms. The lowest BCUT2D eigenvalue weighted by Crippen LogP contribution is -2.76. The van der Waals surface area contributed by atoms with Gasteiger partial charge in [-0.3, -0.25) is 0 Å². The molecule has 0 bridgehead atoms. The molecular weight excluding hydrogens is 344 g/mol. The summed E-state index contributed by atoms with van der Waals surface area (Å²) in [5.74, 6) is 2.01. The molecule has 2 heteroatoms. The van der Waals surface area contributed by atoms with E-state index in [0.717, 1.165) is 11.5 Å². The van der Waals surface area contributed by atoms with Crippen molar-refractivity contribution in [2.45, 2.75) is 6.92 Å². The van der Waals surface area contributed by atoms with Crippen LogP contribution in [0.4, 0.5) is 0 Å². The molecule has 130 valence electrons. The van der Waals surface area contributed by atoms with Crippen molar-refractivity contribution in [3.05, 3.63) is 109 Å². The third kappa shape index (κ3) is 2.30. The fourth-order valence-electron chi connectivity index (χ4n) is 4.37. The van der Waals surface area contributed by atoms with E-state index in [4.69, 9.17) is 4.74 Å². The first-order chi connectivity index (χ1) is 13.3. The number of rotatable bonds is 2. The van der Waals surface area contributed by atoms with Crippen molar-refractivity contribution < 1.29 is 4.74 Å². The van der Waals surface area contributed by atoms with Crippen LogP contribution in [0.5, 0.6) is 11.5 Å². The van der Waals surface area contributed by atoms with Gasteiger partial charge in [-0.25, -0.2) is 0 Å². The van der Waals surface area contributed by atoms with Crippen LogP contribution in [0, 0.1) is 6.92 Å². The molecule has 0 N–H and O–H groups in total. The molecule has 0 aliphatic carbocycles. The van der Waals surface area contributed by atoms with Gasteiger partial charge in [-0.1, -0.05) is 97.1 Å². The maximum Gasteiger partial charge on any atom is 0.188 e. The molecule has 1 nitrogen and oxygen atoms in total. The first kappa shape index (κ1) is 16.1. The number of fused-ring (bicyclic) bond motifs is 2. The standard InChI is InChI=1S/C25H20OSi/c1-19-11-10-18-24-25(19)26-22-16-8-9-17-23(22)27(24,20-12-4-2-5-13-20)21-14-6-3-7-15-21/h2-18H,1H3. The van der Waals surface area contributed by atoms with Gasteiger partial charge in [0, 0.05) is 0 Å². The molecule has 0 saturated carbocycles. The Hall–Kier alpha value is -3.10. The van der Waals surface area contributed by atoms with Crippen molar-refractivity contribution in [2.24, 2.45) is 0 Å². The predicted molar refractivity (Wildman–Crippen MR) is 115 cm³/mol. The lowest BCUT2D eigenvalue weighted by atomic mass is 10.2. The molecule has 1 heterocycles. The zero-order valence-electron chi connectivity index (χ0n) is 15.2. The lowest BCUT2D eigenvalue weighted by molar-refractivity contribution is 0.483. The molecule has 4 aromatic carbocycles. The summed E-state index contributed by atoms with van der Waals surface area (Å²) in [6.07, 6.45) is 0. The van der Waals surface area contributed by atoms with E-state index in [1.165, 1.54) is 26.3 Å². The number of hydrogen-bond acceptors (Lipinski definition) is 1. The minimum Gasteiger partial charge on any atom is -0.457 e. The second-order valence-corrected chi connectivity index (χ2v) is 10.8. The fourth-order valence-corrected chi connectivity index (χ4v) is 9.41. The number of hydrogen-bond donors (Lipinski definition) is 0. The van der Waals surface area contributed by atoms with E-state index >= 15 is 0 Å². The van der Waals surface area contributed by atoms with Gasteiger partial charge in [0.15, 0.2) is 8.07 Å². The summed E-state index contributed by atoms with van der Waals surface area (Å²) in [5, 5.41) is 5.43. The van der Waals surface area contributed by atoms with E-state index in [2.05, 4.69) is 110 Å². The molecule has 1 aliphatic heterocycles. The van der Waals surface area contributed by atoms with Crippen molar-refractivity contribution in [1.82, 2.24) is 0 Å². The third-order valence-electron chi connectivity index (χ3n) is 5.53. The highest BCUT2D eigenvalue weighted by Gasteiger charge is 2.47. The van der Waals surface area contributed by atoms with E-state index < -0.39 is 8.07 Å². The zero-order chi connectivity index (χ0) is 18.3. The number of para-hydroxylation sites is 2. The van der Waals surface area contributed by atoms with Crippen LogP contribution in [0.3, 0.4) is 0 Å². The normalized spacial score (nSPS) is 14.0. The molecule has 1 aliphatic rings. The lowest BCUT2D eigenvalue weighted by Gasteiger charge is -2.40. The molecule has 0 fully saturated rings. The Morgan fingerprint density at radius 3 is 1.78 bits per heavy atom. The first-order valence-corrected chi connectivity index (χ1v) is 11.3. The largest absolute Gasteiger partial charge is 0.457 e. The van der Waals surface area contributed by atoms with Crippen LogP contribution in [-0.2, 0) is 0 Å². The van der Waals surface area contributed by atoms with Gasteiger partial charge in [-0.15, -0.1) is 0 Å². The number of aryl methyl sites for hydroxylation is 1. The summed E-state index contributed by atoms with van der Waals surface area (Å²) < 4.78 is 6.44. The molecule has 0 aromatic heterocycles. The minimum absolute atomic E-state index is 0.985. The monoisotopic (exact) mass is 364 g/mol. The van der Waals surface area contributed by atoms with Crippen LogP contribution in [0.25, 0.3) is 0 Å². The van der Waals surface area contributed by atoms with Gasteiger partial charge in [0.1, 0.15) is 11.5 Å². The van der Waals surface area contributed by atoms with E-state index in [0.29, 0.717) is 0 Å². The van der Waals surface area contributed by atoms with Gasteiger partial charge in [0.25, 0.3) is 0 Å². The maximum atomic E-state index is 6.44. The summed E-state index contributed by atoms with van der Waals surface area (Å²) in [6.45, 7) is 2.14. The quantitative estimate of drug-likeness (QED) is 0.436. The minimum atomic E-state index is -2.43. The SMILES string of the molecule is Cc1cccc2c1Oc1ccccc1[Si]2(c1ccccc1)c1ccccc1. The van der Waals surface area contributed by atoms with Crippen LogP contribution in [0.15, 0.2) is 103 Å². The van der Waals surface area contributed by atoms with E-state index in [-0.39, 0.29) is 0 Å². The second-order valence-electron chi connectivity index (χ2n) is 7.03. The van der Waals surface area contributed by atoms with Crippen LogP contribution >= 0.6 is 0 Å². The van der Waals surface area contributed by atoms with E-state index in [1.54, 1.807) is 0 Å². The molecule has 0 saturated heterocycles. The molecule has 0 radical (unpaired) electrons. The van der Waals surface area contributed by atoms with Crippen molar-refractivity contribution in [3.8, 4) is 11.5 Å². The Morgan fingerprint density at radius 1 is 0.556 bits per heavy atom. The van der Waals surface area contributed by atoms with Gasteiger partial charge < -0.3 is 4.74 Å². The second kappa shape index (κ2) is 6.25. The molecule has 5 rings (SSSR count). The Morgan fingerprint density at radius 2 is 1.11 bits per heavy atom. The third-order valence-corrected chi connectivity index (χ3v) is 10.4. The van der Waals surface area contributed by atoms with Gasteiger partial charge in [0.05, 0.1) is 0 Å². The van der Waals surface area contributed by atoms with E-state index in [9.17, 15) is 0 Å². The summed E-state index contributed by atoms with van der Waals surface area (Å²) in [5.41, 5.74) is 1.19. The average Bonchev–Trinajstić information content (AvgIpc) is 2.74. The Labute approximate surface area is 160 Å². The summed E-state index contributed by atoms with van der Waals surface area (Å²) in [6, 6.07) is 37.1. The Bertz CT molecular complexity index is 1060. The van der Waals surface area contributed by atoms with Crippen LogP contribution < -0.4 is 25.5 Å². The molecule has 0 unspecified atom stereocenters. The molecule has 0 spiro atoms. The summed E-state index contributed by atoms with van der Waals surface area (Å²) >= 11 is 0. The molecule has 4 aromatic rings. The average molecular weight is 365 g/mol. The van der Waals surface area contributed by atoms with Gasteiger partial charge in [-0.2, -0.15) is 0 Å². The Kier molecular flexibility index (Phi) is 3.73. The predicted octanol–water partition coefficient (Wildman–Crippen LogP) is 3.48. The maximum absolute atomic E-state index is 6.44.